The Hall–Kier alpha value is -2.55. The third kappa shape index (κ3) is 4.99. The normalized spacial score (nSPS) is 14.9. The number of nitrogens with two attached hydrogens (primary N) is 1. The van der Waals surface area contributed by atoms with Crippen molar-refractivity contribution in [2.75, 3.05) is 13.4 Å². The van der Waals surface area contributed by atoms with Crippen LogP contribution < -0.4 is 20.5 Å². The number of nitrogens with one attached hydrogen (secondary N) is 1. The van der Waals surface area contributed by atoms with E-state index in [9.17, 15) is 14.9 Å². The van der Waals surface area contributed by atoms with Crippen LogP contribution in [-0.2, 0) is 16.1 Å². The van der Waals surface area contributed by atoms with Gasteiger partial charge in [-0.3, -0.25) is 4.79 Å². The first-order valence-corrected chi connectivity index (χ1v) is 7.17. The van der Waals surface area contributed by atoms with Crippen LogP contribution in [0.5, 0.6) is 11.5 Å². The molecule has 0 saturated heterocycles. The first kappa shape index (κ1) is 16.8. The second-order valence-corrected chi connectivity index (χ2v) is 5.25. The summed E-state index contributed by atoms with van der Waals surface area (Å²) in [6.45, 7) is 1.85. The molecule has 1 amide bonds. The summed E-state index contributed by atoms with van der Waals surface area (Å²) < 4.78 is 10.5. The van der Waals surface area contributed by atoms with Crippen molar-refractivity contribution < 1.29 is 24.2 Å². The van der Waals surface area contributed by atoms with Crippen LogP contribution in [0.2, 0.25) is 0 Å². The van der Waals surface area contributed by atoms with Gasteiger partial charge in [-0.2, -0.15) is 0 Å². The molecule has 1 aliphatic heterocycles. The zero-order valence-electron chi connectivity index (χ0n) is 12.7. The van der Waals surface area contributed by atoms with Crippen LogP contribution in [0.15, 0.2) is 18.2 Å². The number of rotatable bonds is 8. The third-order valence-corrected chi connectivity index (χ3v) is 3.33. The minimum atomic E-state index is -0.910. The summed E-state index contributed by atoms with van der Waals surface area (Å²) in [6.07, 6.45) is 0.671. The monoisotopic (exact) mass is 325 g/mol. The highest BCUT2D eigenvalue weighted by molar-refractivity contribution is 5.81. The van der Waals surface area contributed by atoms with Crippen molar-refractivity contribution in [1.82, 2.24) is 5.32 Å². The fraction of sp³-hybridized carbons (Fsp3) is 0.500. The average molecular weight is 325 g/mol. The predicted octanol–water partition coefficient (Wildman–Crippen LogP) is 0.388. The van der Waals surface area contributed by atoms with E-state index in [-0.39, 0.29) is 31.8 Å². The molecule has 0 spiro atoms. The molecule has 1 heterocycles. The Balaban J connectivity index is 1.78. The molecule has 9 heteroatoms. The van der Waals surface area contributed by atoms with Gasteiger partial charge in [0.15, 0.2) is 11.5 Å². The molecule has 1 aliphatic rings. The van der Waals surface area contributed by atoms with E-state index in [1.165, 1.54) is 0 Å². The number of hydrogen-bond acceptors (Lipinski definition) is 7. The maximum Gasteiger partial charge on any atom is 0.294 e. The van der Waals surface area contributed by atoms with E-state index in [2.05, 4.69) is 10.2 Å². The zero-order chi connectivity index (χ0) is 16.8. The number of benzene rings is 1. The van der Waals surface area contributed by atoms with E-state index in [1.54, 1.807) is 0 Å². The molecule has 0 aliphatic carbocycles. The van der Waals surface area contributed by atoms with Crippen LogP contribution >= 0.6 is 0 Å². The Morgan fingerprint density at radius 2 is 2.22 bits per heavy atom. The lowest BCUT2D eigenvalue weighted by atomic mass is 10.1. The van der Waals surface area contributed by atoms with Crippen molar-refractivity contribution in [3.05, 3.63) is 33.9 Å². The van der Waals surface area contributed by atoms with Crippen LogP contribution in [0.4, 0.5) is 0 Å². The molecule has 0 bridgehead atoms. The SMILES string of the molecule is CC(Cc1ccc2c(c1)OCO2)NC(=O)C(N)CCO[N+](=O)[O-]. The molecule has 0 saturated carbocycles. The summed E-state index contributed by atoms with van der Waals surface area (Å²) >= 11 is 0. The minimum absolute atomic E-state index is 0.0730. The number of amides is 1. The molecule has 1 aromatic carbocycles. The Morgan fingerprint density at radius 3 is 2.96 bits per heavy atom. The topological polar surface area (TPSA) is 126 Å². The Bertz CT molecular complexity index is 580. The van der Waals surface area contributed by atoms with Gasteiger partial charge in [-0.05, 0) is 37.5 Å². The van der Waals surface area contributed by atoms with Crippen molar-refractivity contribution in [2.24, 2.45) is 5.73 Å². The van der Waals surface area contributed by atoms with Crippen LogP contribution in [0, 0.1) is 10.1 Å². The fourth-order valence-corrected chi connectivity index (χ4v) is 2.21. The van der Waals surface area contributed by atoms with Crippen LogP contribution in [0.1, 0.15) is 18.9 Å². The largest absolute Gasteiger partial charge is 0.454 e. The highest BCUT2D eigenvalue weighted by Crippen LogP contribution is 2.32. The summed E-state index contributed by atoms with van der Waals surface area (Å²) in [5.74, 6) is 1.03. The van der Waals surface area contributed by atoms with Crippen molar-refractivity contribution >= 4 is 5.91 Å². The molecule has 0 radical (unpaired) electrons. The van der Waals surface area contributed by atoms with Gasteiger partial charge in [-0.15, -0.1) is 10.1 Å². The summed E-state index contributed by atoms with van der Waals surface area (Å²) in [6, 6.07) is 4.60. The average Bonchev–Trinajstić information content (AvgIpc) is 2.94. The lowest BCUT2D eigenvalue weighted by Gasteiger charge is -2.17. The van der Waals surface area contributed by atoms with Gasteiger partial charge in [0.05, 0.1) is 12.6 Å². The van der Waals surface area contributed by atoms with Crippen molar-refractivity contribution in [3.63, 3.8) is 0 Å². The van der Waals surface area contributed by atoms with E-state index >= 15 is 0 Å². The summed E-state index contributed by atoms with van der Waals surface area (Å²) in [4.78, 5) is 26.1. The molecule has 0 fully saturated rings. The van der Waals surface area contributed by atoms with Crippen LogP contribution in [-0.4, -0.2) is 36.5 Å². The maximum absolute atomic E-state index is 11.9. The number of fused-ring (bicyclic) bond motifs is 1. The lowest BCUT2D eigenvalue weighted by molar-refractivity contribution is -0.757. The molecular weight excluding hydrogens is 306 g/mol. The smallest absolute Gasteiger partial charge is 0.294 e. The Labute approximate surface area is 132 Å². The number of hydrogen-bond donors (Lipinski definition) is 2. The summed E-state index contributed by atoms with van der Waals surface area (Å²) in [5.41, 5.74) is 6.66. The second-order valence-electron chi connectivity index (χ2n) is 5.25. The lowest BCUT2D eigenvalue weighted by Crippen LogP contribution is -2.45. The quantitative estimate of drug-likeness (QED) is 0.523. The highest BCUT2D eigenvalue weighted by atomic mass is 16.9. The van der Waals surface area contributed by atoms with Crippen LogP contribution in [0.25, 0.3) is 0 Å². The Kier molecular flexibility index (Phi) is 5.58. The van der Waals surface area contributed by atoms with Gasteiger partial charge in [0.2, 0.25) is 12.7 Å². The standard InChI is InChI=1S/C14H19N3O6/c1-9(16-14(18)11(15)4-5-23-17(19)20)6-10-2-3-12-13(7-10)22-8-21-12/h2-3,7,9,11H,4-6,8,15H2,1H3,(H,16,18). The maximum atomic E-state index is 11.9. The third-order valence-electron chi connectivity index (χ3n) is 3.33. The highest BCUT2D eigenvalue weighted by Gasteiger charge is 2.18. The van der Waals surface area contributed by atoms with Gasteiger partial charge >= 0.3 is 0 Å². The molecule has 0 aromatic heterocycles. The van der Waals surface area contributed by atoms with Gasteiger partial charge in [0.25, 0.3) is 5.09 Å². The first-order chi connectivity index (χ1) is 11.0. The van der Waals surface area contributed by atoms with Crippen LogP contribution in [0.3, 0.4) is 0 Å². The summed E-state index contributed by atoms with van der Waals surface area (Å²) in [5, 5.41) is 11.9. The van der Waals surface area contributed by atoms with Gasteiger partial charge < -0.3 is 25.4 Å². The number of ether oxygens (including phenoxy) is 2. The molecule has 23 heavy (non-hydrogen) atoms. The Morgan fingerprint density at radius 1 is 1.48 bits per heavy atom. The van der Waals surface area contributed by atoms with E-state index in [1.807, 2.05) is 25.1 Å². The van der Waals surface area contributed by atoms with E-state index in [0.717, 1.165) is 5.56 Å². The predicted molar refractivity (Wildman–Crippen MR) is 79.4 cm³/mol. The molecule has 1 aromatic rings. The van der Waals surface area contributed by atoms with E-state index in [4.69, 9.17) is 15.2 Å². The molecule has 2 rings (SSSR count). The molecule has 2 atom stereocenters. The molecule has 3 N–H and O–H groups in total. The zero-order valence-corrected chi connectivity index (χ0v) is 12.7. The van der Waals surface area contributed by atoms with Crippen molar-refractivity contribution in [3.8, 4) is 11.5 Å². The van der Waals surface area contributed by atoms with Crippen molar-refractivity contribution in [2.45, 2.75) is 31.8 Å². The fourth-order valence-electron chi connectivity index (χ4n) is 2.21. The minimum Gasteiger partial charge on any atom is -0.454 e. The van der Waals surface area contributed by atoms with Crippen molar-refractivity contribution in [1.29, 1.82) is 0 Å². The van der Waals surface area contributed by atoms with Gasteiger partial charge in [0, 0.05) is 6.04 Å². The van der Waals surface area contributed by atoms with Gasteiger partial charge in [-0.25, -0.2) is 0 Å². The van der Waals surface area contributed by atoms with E-state index < -0.39 is 11.1 Å². The van der Waals surface area contributed by atoms with Gasteiger partial charge in [-0.1, -0.05) is 6.07 Å². The van der Waals surface area contributed by atoms with E-state index in [0.29, 0.717) is 17.9 Å². The molecule has 126 valence electrons. The number of carbonyl (C=O) groups is 1. The molecular formula is C14H19N3O6. The first-order valence-electron chi connectivity index (χ1n) is 7.17. The summed E-state index contributed by atoms with van der Waals surface area (Å²) in [7, 11) is 0. The second kappa shape index (κ2) is 7.63. The number of nitrogens with zero attached hydrogens (tertiary/aromatic N) is 1. The molecule has 9 nitrogen and oxygen atoms in total. The molecule has 2 unspecified atom stereocenters. The van der Waals surface area contributed by atoms with Gasteiger partial charge in [0.1, 0.15) is 0 Å². The number of carbonyl (C=O) groups excluding carboxylic acids is 1.